The molecule has 0 aliphatic heterocycles. The van der Waals surface area contributed by atoms with E-state index < -0.39 is 0 Å². The van der Waals surface area contributed by atoms with E-state index in [1.165, 1.54) is 20.3 Å². The van der Waals surface area contributed by atoms with Crippen LogP contribution in [0.5, 0.6) is 17.2 Å². The maximum atomic E-state index is 10.7. The van der Waals surface area contributed by atoms with Crippen LogP contribution >= 0.6 is 0 Å². The van der Waals surface area contributed by atoms with Gasteiger partial charge in [-0.3, -0.25) is 4.79 Å². The number of rotatable bonds is 3. The Morgan fingerprint density at radius 3 is 2.53 bits per heavy atom. The highest BCUT2D eigenvalue weighted by molar-refractivity contribution is 5.98. The molecule has 2 rings (SSSR count). The van der Waals surface area contributed by atoms with Crippen LogP contribution in [0.4, 0.5) is 0 Å². The summed E-state index contributed by atoms with van der Waals surface area (Å²) in [4.78, 5) is 10.7. The number of hydrogen-bond donors (Lipinski definition) is 1. The standard InChI is InChI=1S/C13H12O4/c1-16-11-4-3-9-5-8(7-14)6-10(15)12(9)13(11)17-2/h3-7,15H,1-2H3. The molecule has 0 atom stereocenters. The van der Waals surface area contributed by atoms with Crippen LogP contribution < -0.4 is 9.47 Å². The number of carbonyl (C=O) groups excluding carboxylic acids is 1. The van der Waals surface area contributed by atoms with Crippen molar-refractivity contribution < 1.29 is 19.4 Å². The fourth-order valence-corrected chi connectivity index (χ4v) is 1.85. The van der Waals surface area contributed by atoms with Crippen LogP contribution in [0.25, 0.3) is 10.8 Å². The monoisotopic (exact) mass is 232 g/mol. The van der Waals surface area contributed by atoms with Gasteiger partial charge in [-0.05, 0) is 23.6 Å². The molecule has 0 aliphatic rings. The number of fused-ring (bicyclic) bond motifs is 1. The van der Waals surface area contributed by atoms with Gasteiger partial charge >= 0.3 is 0 Å². The quantitative estimate of drug-likeness (QED) is 0.825. The summed E-state index contributed by atoms with van der Waals surface area (Å²) in [7, 11) is 3.03. The van der Waals surface area contributed by atoms with E-state index in [0.29, 0.717) is 28.7 Å². The number of aldehydes is 1. The molecule has 0 fully saturated rings. The molecule has 1 N–H and O–H groups in total. The highest BCUT2D eigenvalue weighted by Gasteiger charge is 2.13. The smallest absolute Gasteiger partial charge is 0.172 e. The van der Waals surface area contributed by atoms with Crippen molar-refractivity contribution in [3.63, 3.8) is 0 Å². The Morgan fingerprint density at radius 2 is 1.94 bits per heavy atom. The van der Waals surface area contributed by atoms with Crippen LogP contribution in [0.3, 0.4) is 0 Å². The number of ether oxygens (including phenoxy) is 2. The summed E-state index contributed by atoms with van der Waals surface area (Å²) in [5.74, 6) is 0.995. The van der Waals surface area contributed by atoms with E-state index in [2.05, 4.69) is 0 Å². The Bertz CT molecular complexity index is 575. The molecule has 0 unspecified atom stereocenters. The zero-order chi connectivity index (χ0) is 12.4. The lowest BCUT2D eigenvalue weighted by molar-refractivity contribution is 0.112. The van der Waals surface area contributed by atoms with Crippen molar-refractivity contribution in [2.45, 2.75) is 0 Å². The van der Waals surface area contributed by atoms with Gasteiger partial charge in [0.2, 0.25) is 0 Å². The normalized spacial score (nSPS) is 10.2. The molecule has 4 heteroatoms. The maximum absolute atomic E-state index is 10.7. The Labute approximate surface area is 98.4 Å². The van der Waals surface area contributed by atoms with Crippen LogP contribution in [0, 0.1) is 0 Å². The first-order valence-electron chi connectivity index (χ1n) is 5.04. The van der Waals surface area contributed by atoms with Gasteiger partial charge in [-0.25, -0.2) is 0 Å². The molecule has 0 amide bonds. The number of benzene rings is 2. The van der Waals surface area contributed by atoms with Crippen molar-refractivity contribution in [2.75, 3.05) is 14.2 Å². The first-order chi connectivity index (χ1) is 8.21. The van der Waals surface area contributed by atoms with Gasteiger partial charge < -0.3 is 14.6 Å². The zero-order valence-corrected chi connectivity index (χ0v) is 9.56. The number of carbonyl (C=O) groups is 1. The summed E-state index contributed by atoms with van der Waals surface area (Å²) < 4.78 is 10.4. The first-order valence-corrected chi connectivity index (χ1v) is 5.04. The second-order valence-electron chi connectivity index (χ2n) is 3.56. The van der Waals surface area contributed by atoms with Gasteiger partial charge in [0.25, 0.3) is 0 Å². The third kappa shape index (κ3) is 1.78. The second kappa shape index (κ2) is 4.33. The lowest BCUT2D eigenvalue weighted by atomic mass is 10.0. The van der Waals surface area contributed by atoms with E-state index in [9.17, 15) is 9.90 Å². The maximum Gasteiger partial charge on any atom is 0.172 e. The van der Waals surface area contributed by atoms with E-state index in [0.717, 1.165) is 5.39 Å². The van der Waals surface area contributed by atoms with Crippen molar-refractivity contribution in [3.05, 3.63) is 29.8 Å². The van der Waals surface area contributed by atoms with E-state index in [1.807, 2.05) is 0 Å². The lowest BCUT2D eigenvalue weighted by Crippen LogP contribution is -1.92. The van der Waals surface area contributed by atoms with Crippen LogP contribution in [0.15, 0.2) is 24.3 Å². The predicted molar refractivity (Wildman–Crippen MR) is 64.1 cm³/mol. The average molecular weight is 232 g/mol. The van der Waals surface area contributed by atoms with E-state index in [4.69, 9.17) is 9.47 Å². The second-order valence-corrected chi connectivity index (χ2v) is 3.56. The molecule has 0 radical (unpaired) electrons. The highest BCUT2D eigenvalue weighted by atomic mass is 16.5. The third-order valence-electron chi connectivity index (χ3n) is 2.60. The predicted octanol–water partition coefficient (Wildman–Crippen LogP) is 2.38. The van der Waals surface area contributed by atoms with Gasteiger partial charge in [-0.1, -0.05) is 6.07 Å². The van der Waals surface area contributed by atoms with Crippen LogP contribution in [0.1, 0.15) is 10.4 Å². The molecule has 88 valence electrons. The summed E-state index contributed by atoms with van der Waals surface area (Å²) >= 11 is 0. The summed E-state index contributed by atoms with van der Waals surface area (Å²) in [6, 6.07) is 6.58. The molecule has 0 spiro atoms. The number of phenolic OH excluding ortho intramolecular Hbond substituents is 1. The highest BCUT2D eigenvalue weighted by Crippen LogP contribution is 2.40. The molecule has 0 aliphatic carbocycles. The summed E-state index contributed by atoms with van der Waals surface area (Å²) in [6.45, 7) is 0. The van der Waals surface area contributed by atoms with Gasteiger partial charge in [0.05, 0.1) is 19.6 Å². The minimum atomic E-state index is 0.000324. The Morgan fingerprint density at radius 1 is 1.18 bits per heavy atom. The number of aromatic hydroxyl groups is 1. The zero-order valence-electron chi connectivity index (χ0n) is 9.56. The van der Waals surface area contributed by atoms with Gasteiger partial charge in [0.15, 0.2) is 11.5 Å². The van der Waals surface area contributed by atoms with Crippen molar-refractivity contribution in [3.8, 4) is 17.2 Å². The Balaban J connectivity index is 2.84. The summed E-state index contributed by atoms with van der Waals surface area (Å²) in [6.07, 6.45) is 0.690. The minimum absolute atomic E-state index is 0.000324. The molecule has 0 saturated carbocycles. The molecular formula is C13H12O4. The molecule has 2 aromatic rings. The largest absolute Gasteiger partial charge is 0.507 e. The first kappa shape index (κ1) is 11.3. The minimum Gasteiger partial charge on any atom is -0.507 e. The van der Waals surface area contributed by atoms with Crippen LogP contribution in [0.2, 0.25) is 0 Å². The fourth-order valence-electron chi connectivity index (χ4n) is 1.85. The molecule has 4 nitrogen and oxygen atoms in total. The number of hydrogen-bond acceptors (Lipinski definition) is 4. The molecule has 0 saturated heterocycles. The number of phenols is 1. The average Bonchev–Trinajstić information content (AvgIpc) is 2.36. The lowest BCUT2D eigenvalue weighted by Gasteiger charge is -2.12. The van der Waals surface area contributed by atoms with Gasteiger partial charge in [0, 0.05) is 5.56 Å². The van der Waals surface area contributed by atoms with Gasteiger partial charge in [0.1, 0.15) is 12.0 Å². The summed E-state index contributed by atoms with van der Waals surface area (Å²) in [5.41, 5.74) is 0.419. The fraction of sp³-hybridized carbons (Fsp3) is 0.154. The summed E-state index contributed by atoms with van der Waals surface area (Å²) in [5, 5.41) is 11.2. The molecule has 0 heterocycles. The SMILES string of the molecule is COc1ccc2cc(C=O)cc(O)c2c1OC. The molecule has 17 heavy (non-hydrogen) atoms. The van der Waals surface area contributed by atoms with E-state index in [1.54, 1.807) is 18.2 Å². The molecular weight excluding hydrogens is 220 g/mol. The van der Waals surface area contributed by atoms with Crippen LogP contribution in [-0.2, 0) is 0 Å². The number of methoxy groups -OCH3 is 2. The molecule has 2 aromatic carbocycles. The third-order valence-corrected chi connectivity index (χ3v) is 2.60. The van der Waals surface area contributed by atoms with Crippen molar-refractivity contribution in [1.82, 2.24) is 0 Å². The molecule has 0 aromatic heterocycles. The van der Waals surface area contributed by atoms with Gasteiger partial charge in [-0.2, -0.15) is 0 Å². The molecule has 0 bridgehead atoms. The Kier molecular flexibility index (Phi) is 2.87. The van der Waals surface area contributed by atoms with Crippen molar-refractivity contribution in [1.29, 1.82) is 0 Å². The topological polar surface area (TPSA) is 55.8 Å². The van der Waals surface area contributed by atoms with E-state index >= 15 is 0 Å². The van der Waals surface area contributed by atoms with Crippen molar-refractivity contribution in [2.24, 2.45) is 0 Å². The van der Waals surface area contributed by atoms with E-state index in [-0.39, 0.29) is 5.75 Å². The van der Waals surface area contributed by atoms with Crippen LogP contribution in [-0.4, -0.2) is 25.6 Å². The Hall–Kier alpha value is -2.23. The van der Waals surface area contributed by atoms with Gasteiger partial charge in [-0.15, -0.1) is 0 Å². The van der Waals surface area contributed by atoms with Crippen molar-refractivity contribution >= 4 is 17.1 Å².